The molecule has 0 aliphatic heterocycles. The monoisotopic (exact) mass is 510 g/mol. The van der Waals surface area contributed by atoms with E-state index in [1.54, 1.807) is 24.5 Å². The number of benzene rings is 1. The Kier molecular flexibility index (Phi) is 9.49. The summed E-state index contributed by atoms with van der Waals surface area (Å²) in [4.78, 5) is 34.5. The third kappa shape index (κ3) is 7.18. The van der Waals surface area contributed by atoms with Gasteiger partial charge in [0.1, 0.15) is 20.7 Å². The molecule has 4 N–H and O–H groups in total. The quantitative estimate of drug-likeness (QED) is 0.176. The summed E-state index contributed by atoms with van der Waals surface area (Å²) in [5, 5.41) is 3.08. The van der Waals surface area contributed by atoms with Gasteiger partial charge in [0, 0.05) is 6.54 Å². The van der Waals surface area contributed by atoms with Crippen LogP contribution in [0, 0.1) is 5.82 Å². The minimum atomic E-state index is -1.44. The van der Waals surface area contributed by atoms with Crippen molar-refractivity contribution in [2.45, 2.75) is 33.0 Å². The predicted octanol–water partition coefficient (Wildman–Crippen LogP) is 1.89. The van der Waals surface area contributed by atoms with E-state index in [0.29, 0.717) is 17.8 Å². The van der Waals surface area contributed by atoms with E-state index in [9.17, 15) is 14.0 Å². The van der Waals surface area contributed by atoms with Crippen molar-refractivity contribution in [3.05, 3.63) is 46.3 Å². The minimum absolute atomic E-state index is 0.00536. The average Bonchev–Trinajstić information content (AvgIpc) is 3.23. The highest BCUT2D eigenvalue weighted by Crippen LogP contribution is 2.34. The van der Waals surface area contributed by atoms with Gasteiger partial charge in [0.05, 0.1) is 33.3 Å². The van der Waals surface area contributed by atoms with Crippen LogP contribution in [0.1, 0.15) is 19.4 Å². The lowest BCUT2D eigenvalue weighted by Gasteiger charge is -2.22. The number of methoxy groups -OCH3 is 1. The van der Waals surface area contributed by atoms with Gasteiger partial charge in [-0.3, -0.25) is 19.7 Å². The van der Waals surface area contributed by atoms with Crippen LogP contribution in [0.5, 0.6) is 5.75 Å². The lowest BCUT2D eigenvalue weighted by Crippen LogP contribution is -2.33. The summed E-state index contributed by atoms with van der Waals surface area (Å²) in [5.74, 6) is -0.784. The number of carbonyl (C=O) groups is 1. The van der Waals surface area contributed by atoms with E-state index in [2.05, 4.69) is 20.0 Å². The molecule has 190 valence electrons. The summed E-state index contributed by atoms with van der Waals surface area (Å²) in [6.07, 6.45) is 1.62. The molecule has 0 radical (unpaired) electrons. The number of nitrogens with two attached hydrogens (primary N) is 1. The van der Waals surface area contributed by atoms with Crippen molar-refractivity contribution in [1.29, 1.82) is 0 Å². The van der Waals surface area contributed by atoms with Crippen LogP contribution in [0.3, 0.4) is 0 Å². The van der Waals surface area contributed by atoms with E-state index >= 15 is 0 Å². The fraction of sp³-hybridized carbons (Fsp3) is 0.429. The molecule has 0 saturated carbocycles. The van der Waals surface area contributed by atoms with Crippen molar-refractivity contribution in [2.75, 3.05) is 32.4 Å². The summed E-state index contributed by atoms with van der Waals surface area (Å²) in [6.45, 7) is 4.33. The van der Waals surface area contributed by atoms with Crippen LogP contribution in [-0.2, 0) is 31.9 Å². The van der Waals surface area contributed by atoms with Gasteiger partial charge in [0.25, 0.3) is 5.56 Å². The maximum absolute atomic E-state index is 14.0. The van der Waals surface area contributed by atoms with Crippen LogP contribution in [0.15, 0.2) is 29.3 Å². The molecule has 0 aliphatic rings. The van der Waals surface area contributed by atoms with E-state index in [1.165, 1.54) is 25.6 Å². The van der Waals surface area contributed by atoms with Crippen LogP contribution in [0.2, 0.25) is 0 Å². The number of carbonyl (C=O) groups excluding carboxylic acids is 1. The second kappa shape index (κ2) is 12.5. The summed E-state index contributed by atoms with van der Waals surface area (Å²) in [5.41, 5.74) is 6.33. The summed E-state index contributed by atoms with van der Waals surface area (Å²) >= 11 is 0. The van der Waals surface area contributed by atoms with E-state index in [4.69, 9.17) is 24.5 Å². The molecule has 12 nitrogen and oxygen atoms in total. The molecular weight excluding hydrogens is 482 g/mol. The highest BCUT2D eigenvalue weighted by atomic mass is 31.2. The molecular formula is C21H28FN6O6P. The number of halogens is 1. The predicted molar refractivity (Wildman–Crippen MR) is 127 cm³/mol. The zero-order valence-corrected chi connectivity index (χ0v) is 20.5. The first kappa shape index (κ1) is 26.5. The number of ether oxygens (including phenoxy) is 3. The number of anilines is 1. The third-order valence-corrected chi connectivity index (χ3v) is 6.29. The smallest absolute Gasteiger partial charge is 0.323 e. The van der Waals surface area contributed by atoms with Gasteiger partial charge < -0.3 is 29.0 Å². The van der Waals surface area contributed by atoms with E-state index in [0.717, 1.165) is 0 Å². The molecule has 3 rings (SSSR count). The molecule has 0 spiro atoms. The largest absolute Gasteiger partial charge is 0.494 e. The Morgan fingerprint density at radius 1 is 1.40 bits per heavy atom. The normalized spacial score (nSPS) is 13.0. The molecule has 0 fully saturated rings. The van der Waals surface area contributed by atoms with Gasteiger partial charge in [-0.1, -0.05) is 6.07 Å². The number of nitrogens with zero attached hydrogens (tertiary/aromatic N) is 3. The molecule has 2 aromatic heterocycles. The number of nitrogens with one attached hydrogen (secondary N) is 2. The molecule has 14 heteroatoms. The van der Waals surface area contributed by atoms with Crippen molar-refractivity contribution in [3.63, 3.8) is 0 Å². The zero-order chi connectivity index (χ0) is 25.4. The topological polar surface area (TPSA) is 156 Å². The lowest BCUT2D eigenvalue weighted by atomic mass is 10.2. The first-order valence-electron chi connectivity index (χ1n) is 10.8. The maximum atomic E-state index is 14.0. The molecule has 35 heavy (non-hydrogen) atoms. The summed E-state index contributed by atoms with van der Waals surface area (Å²) in [6, 6.07) is 3.90. The Balaban J connectivity index is 1.60. The number of aromatic nitrogens is 4. The van der Waals surface area contributed by atoms with Crippen LogP contribution in [0.4, 0.5) is 10.3 Å². The fourth-order valence-corrected chi connectivity index (χ4v) is 4.41. The minimum Gasteiger partial charge on any atom is -0.494 e. The fourth-order valence-electron chi connectivity index (χ4n) is 3.04. The highest BCUT2D eigenvalue weighted by molar-refractivity contribution is 7.50. The molecule has 0 amide bonds. The van der Waals surface area contributed by atoms with Crippen molar-refractivity contribution in [1.82, 2.24) is 24.6 Å². The standard InChI is InChI=1S/C21H28FN6O6P/c1-4-33-20(30)13(2)27-35(34-10-14-5-6-16(31-3)15(22)9-14)12-32-8-7-28-11-24-17-18(28)25-21(23)26-19(17)29/h5-6,9,11,13,27H,4,7-8,10,12H2,1-3H3,(H3,23,25,26,29)/t13-,35?/m0/s1. The summed E-state index contributed by atoms with van der Waals surface area (Å²) in [7, 11) is -0.0536. The van der Waals surface area contributed by atoms with Gasteiger partial charge in [-0.2, -0.15) is 4.98 Å². The lowest BCUT2D eigenvalue weighted by molar-refractivity contribution is -0.144. The Hall–Kier alpha value is -3.12. The number of fused-ring (bicyclic) bond motifs is 1. The molecule has 0 aliphatic carbocycles. The van der Waals surface area contributed by atoms with Crippen molar-refractivity contribution in [2.24, 2.45) is 0 Å². The number of imidazole rings is 1. The molecule has 3 aromatic rings. The second-order valence-electron chi connectivity index (χ2n) is 7.32. The number of rotatable bonds is 13. The SMILES string of the molecule is CCOC(=O)[C@H](C)NP(COCCn1cnc2c(=O)[nH]c(N)nc21)OCc1ccc(OC)c(F)c1. The van der Waals surface area contributed by atoms with Gasteiger partial charge >= 0.3 is 5.97 Å². The van der Waals surface area contributed by atoms with Crippen LogP contribution < -0.4 is 21.1 Å². The number of hydrogen-bond acceptors (Lipinski definition) is 10. The second-order valence-corrected chi connectivity index (χ2v) is 8.85. The number of H-pyrrole nitrogens is 1. The van der Waals surface area contributed by atoms with Crippen LogP contribution in [0.25, 0.3) is 11.2 Å². The number of esters is 1. The number of hydrogen-bond donors (Lipinski definition) is 3. The molecule has 1 unspecified atom stereocenters. The van der Waals surface area contributed by atoms with Crippen molar-refractivity contribution < 1.29 is 27.9 Å². The van der Waals surface area contributed by atoms with E-state index < -0.39 is 31.7 Å². The Bertz CT molecular complexity index is 1200. The summed E-state index contributed by atoms with van der Waals surface area (Å²) < 4.78 is 37.3. The zero-order valence-electron chi connectivity index (χ0n) is 19.6. The van der Waals surface area contributed by atoms with Crippen molar-refractivity contribution >= 4 is 31.4 Å². The van der Waals surface area contributed by atoms with Gasteiger partial charge in [0.2, 0.25) is 5.95 Å². The van der Waals surface area contributed by atoms with Crippen LogP contribution in [-0.4, -0.2) is 58.2 Å². The van der Waals surface area contributed by atoms with E-state index in [1.807, 2.05) is 0 Å². The Morgan fingerprint density at radius 3 is 2.91 bits per heavy atom. The van der Waals surface area contributed by atoms with Crippen LogP contribution >= 0.6 is 8.30 Å². The van der Waals surface area contributed by atoms with Gasteiger partial charge in [-0.15, -0.1) is 0 Å². The third-order valence-electron chi connectivity index (χ3n) is 4.76. The molecule has 1 aromatic carbocycles. The highest BCUT2D eigenvalue weighted by Gasteiger charge is 2.20. The first-order valence-corrected chi connectivity index (χ1v) is 12.2. The van der Waals surface area contributed by atoms with Gasteiger partial charge in [-0.25, -0.2) is 9.37 Å². The molecule has 0 saturated heterocycles. The van der Waals surface area contributed by atoms with Crippen molar-refractivity contribution in [3.8, 4) is 5.75 Å². The van der Waals surface area contributed by atoms with Gasteiger partial charge in [-0.05, 0) is 31.5 Å². The molecule has 2 heterocycles. The van der Waals surface area contributed by atoms with Gasteiger partial charge in [0.15, 0.2) is 22.7 Å². The number of aromatic amines is 1. The Morgan fingerprint density at radius 2 is 2.20 bits per heavy atom. The first-order chi connectivity index (χ1) is 16.8. The number of nitrogen functional groups attached to an aromatic ring is 1. The molecule has 2 atom stereocenters. The molecule has 0 bridgehead atoms. The average molecular weight is 510 g/mol. The van der Waals surface area contributed by atoms with E-state index in [-0.39, 0.29) is 43.4 Å². The Labute approximate surface area is 201 Å². The maximum Gasteiger partial charge on any atom is 0.323 e.